The quantitative estimate of drug-likeness (QED) is 0.585. The fourth-order valence-electron chi connectivity index (χ4n) is 3.60. The number of aromatic nitrogens is 4. The zero-order valence-electron chi connectivity index (χ0n) is 16.3. The van der Waals surface area contributed by atoms with Crippen molar-refractivity contribution < 1.29 is 9.53 Å². The van der Waals surface area contributed by atoms with Crippen LogP contribution in [0.3, 0.4) is 0 Å². The lowest BCUT2D eigenvalue weighted by molar-refractivity contribution is -0.122. The summed E-state index contributed by atoms with van der Waals surface area (Å²) in [5, 5.41) is 17.1. The van der Waals surface area contributed by atoms with E-state index in [-0.39, 0.29) is 11.9 Å². The van der Waals surface area contributed by atoms with Crippen LogP contribution in [-0.2, 0) is 24.2 Å². The predicted molar refractivity (Wildman–Crippen MR) is 108 cm³/mol. The molecule has 0 saturated heterocycles. The Kier molecular flexibility index (Phi) is 6.14. The Morgan fingerprint density at radius 3 is 2.59 bits per heavy atom. The van der Waals surface area contributed by atoms with Gasteiger partial charge in [0.05, 0.1) is 0 Å². The second-order valence-electron chi connectivity index (χ2n) is 7.55. The Labute approximate surface area is 169 Å². The van der Waals surface area contributed by atoms with Crippen LogP contribution in [0.4, 0.5) is 0 Å². The van der Waals surface area contributed by atoms with Crippen LogP contribution in [0.2, 0.25) is 0 Å². The summed E-state index contributed by atoms with van der Waals surface area (Å²) < 4.78 is 5.80. The summed E-state index contributed by atoms with van der Waals surface area (Å²) in [6.45, 7) is 0.553. The van der Waals surface area contributed by atoms with E-state index in [2.05, 4.69) is 25.9 Å². The lowest BCUT2D eigenvalue weighted by Crippen LogP contribution is -2.45. The number of nitrogens with one attached hydrogen (secondary N) is 2. The van der Waals surface area contributed by atoms with Crippen LogP contribution in [0, 0.1) is 5.92 Å². The first kappa shape index (κ1) is 19.1. The number of hydrogen-bond acceptors (Lipinski definition) is 5. The first-order valence-electron chi connectivity index (χ1n) is 10.0. The molecule has 0 aliphatic heterocycles. The highest BCUT2D eigenvalue weighted by Gasteiger charge is 2.31. The van der Waals surface area contributed by atoms with Crippen molar-refractivity contribution in [1.82, 2.24) is 25.9 Å². The van der Waals surface area contributed by atoms with Crippen LogP contribution in [0.5, 0.6) is 5.75 Å². The Morgan fingerprint density at radius 1 is 1.07 bits per heavy atom. The second-order valence-corrected chi connectivity index (χ2v) is 7.55. The third-order valence-electron chi connectivity index (χ3n) is 5.27. The summed E-state index contributed by atoms with van der Waals surface area (Å²) in [5.74, 6) is 2.22. The van der Waals surface area contributed by atoms with Gasteiger partial charge in [0.1, 0.15) is 12.4 Å². The minimum Gasteiger partial charge on any atom is -0.489 e. The van der Waals surface area contributed by atoms with E-state index in [0.717, 1.165) is 48.4 Å². The van der Waals surface area contributed by atoms with Gasteiger partial charge in [-0.15, -0.1) is 10.2 Å². The summed E-state index contributed by atoms with van der Waals surface area (Å²) in [6.07, 6.45) is 4.00. The molecule has 150 valence electrons. The van der Waals surface area contributed by atoms with Gasteiger partial charge in [-0.1, -0.05) is 47.7 Å². The van der Waals surface area contributed by atoms with E-state index in [1.54, 1.807) is 0 Å². The van der Waals surface area contributed by atoms with Gasteiger partial charge in [0.2, 0.25) is 5.91 Å². The average molecular weight is 391 g/mol. The van der Waals surface area contributed by atoms with Crippen molar-refractivity contribution in [3.8, 4) is 5.75 Å². The maximum atomic E-state index is 12.2. The maximum Gasteiger partial charge on any atom is 0.220 e. The summed E-state index contributed by atoms with van der Waals surface area (Å²) in [6, 6.07) is 18.3. The Bertz CT molecular complexity index is 891. The SMILES string of the molecule is O=C(CCc1ccc(OCc2ccccc2)cc1)NC1CC(Cc2nn[nH]n2)C1. The topological polar surface area (TPSA) is 92.8 Å². The first-order chi connectivity index (χ1) is 14.2. The molecular formula is C22H25N5O2. The molecule has 0 bridgehead atoms. The maximum absolute atomic E-state index is 12.2. The fraction of sp³-hybridized carbons (Fsp3) is 0.364. The van der Waals surface area contributed by atoms with Crippen molar-refractivity contribution in [1.29, 1.82) is 0 Å². The largest absolute Gasteiger partial charge is 0.489 e. The smallest absolute Gasteiger partial charge is 0.220 e. The summed E-state index contributed by atoms with van der Waals surface area (Å²) >= 11 is 0. The van der Waals surface area contributed by atoms with Crippen molar-refractivity contribution in [2.75, 3.05) is 0 Å². The summed E-state index contributed by atoms with van der Waals surface area (Å²) in [4.78, 5) is 12.2. The molecule has 1 amide bonds. The van der Waals surface area contributed by atoms with E-state index < -0.39 is 0 Å². The fourth-order valence-corrected chi connectivity index (χ4v) is 3.60. The van der Waals surface area contributed by atoms with Crippen LogP contribution < -0.4 is 10.1 Å². The molecule has 7 nitrogen and oxygen atoms in total. The van der Waals surface area contributed by atoms with E-state index in [9.17, 15) is 4.79 Å². The van der Waals surface area contributed by atoms with E-state index in [4.69, 9.17) is 4.74 Å². The lowest BCUT2D eigenvalue weighted by Gasteiger charge is -2.35. The standard InChI is InChI=1S/C22H25N5O2/c28-22(23-19-12-18(13-19)14-21-24-26-27-25-21)11-8-16-6-9-20(10-7-16)29-15-17-4-2-1-3-5-17/h1-7,9-10,18-19H,8,11-15H2,(H,23,28)(H,24,25,26,27). The van der Waals surface area contributed by atoms with Crippen LogP contribution in [0.25, 0.3) is 0 Å². The zero-order valence-corrected chi connectivity index (χ0v) is 16.3. The molecule has 7 heteroatoms. The second kappa shape index (κ2) is 9.32. The Balaban J connectivity index is 1.13. The molecular weight excluding hydrogens is 366 g/mol. The van der Waals surface area contributed by atoms with Gasteiger partial charge in [-0.25, -0.2) is 0 Å². The van der Waals surface area contributed by atoms with Crippen LogP contribution in [-0.4, -0.2) is 32.6 Å². The number of hydrogen-bond donors (Lipinski definition) is 2. The number of nitrogens with zero attached hydrogens (tertiary/aromatic N) is 3. The minimum atomic E-state index is 0.109. The molecule has 1 aliphatic rings. The molecule has 0 unspecified atom stereocenters. The van der Waals surface area contributed by atoms with Gasteiger partial charge in [0.25, 0.3) is 0 Å². The Hall–Kier alpha value is -3.22. The van der Waals surface area contributed by atoms with Crippen molar-refractivity contribution in [2.45, 2.75) is 44.8 Å². The number of carbonyl (C=O) groups is 1. The normalized spacial score (nSPS) is 18.1. The lowest BCUT2D eigenvalue weighted by atomic mass is 9.78. The molecule has 3 aromatic rings. The zero-order chi connectivity index (χ0) is 19.9. The molecule has 1 heterocycles. The van der Waals surface area contributed by atoms with Crippen LogP contribution in [0.15, 0.2) is 54.6 Å². The van der Waals surface area contributed by atoms with E-state index in [1.165, 1.54) is 0 Å². The van der Waals surface area contributed by atoms with Gasteiger partial charge in [0, 0.05) is 18.9 Å². The molecule has 1 fully saturated rings. The monoisotopic (exact) mass is 391 g/mol. The number of tetrazole rings is 1. The molecule has 1 aliphatic carbocycles. The molecule has 4 rings (SSSR count). The highest BCUT2D eigenvalue weighted by atomic mass is 16.5. The van der Waals surface area contributed by atoms with Crippen LogP contribution >= 0.6 is 0 Å². The molecule has 1 aromatic heterocycles. The number of H-pyrrole nitrogens is 1. The molecule has 0 atom stereocenters. The predicted octanol–water partition coefficient (Wildman–Crippen LogP) is 2.85. The molecule has 0 spiro atoms. The number of rotatable bonds is 9. The third-order valence-corrected chi connectivity index (χ3v) is 5.27. The molecule has 0 radical (unpaired) electrons. The number of aromatic amines is 1. The third kappa shape index (κ3) is 5.63. The van der Waals surface area contributed by atoms with E-state index >= 15 is 0 Å². The van der Waals surface area contributed by atoms with Crippen molar-refractivity contribution >= 4 is 5.91 Å². The highest BCUT2D eigenvalue weighted by Crippen LogP contribution is 2.29. The molecule has 2 N–H and O–H groups in total. The summed E-state index contributed by atoms with van der Waals surface area (Å²) in [5.41, 5.74) is 2.28. The van der Waals surface area contributed by atoms with Gasteiger partial charge in [-0.3, -0.25) is 4.79 Å². The van der Waals surface area contributed by atoms with Crippen molar-refractivity contribution in [3.05, 3.63) is 71.5 Å². The van der Waals surface area contributed by atoms with E-state index in [0.29, 0.717) is 18.9 Å². The van der Waals surface area contributed by atoms with Crippen molar-refractivity contribution in [3.63, 3.8) is 0 Å². The van der Waals surface area contributed by atoms with Gasteiger partial charge in [-0.05, 0) is 48.4 Å². The number of amides is 1. The average Bonchev–Trinajstić information content (AvgIpc) is 3.24. The molecule has 1 saturated carbocycles. The van der Waals surface area contributed by atoms with Gasteiger partial charge in [-0.2, -0.15) is 5.21 Å². The highest BCUT2D eigenvalue weighted by molar-refractivity contribution is 5.76. The molecule has 2 aromatic carbocycles. The van der Waals surface area contributed by atoms with Crippen molar-refractivity contribution in [2.24, 2.45) is 5.92 Å². The Morgan fingerprint density at radius 2 is 1.86 bits per heavy atom. The number of ether oxygens (including phenoxy) is 1. The van der Waals surface area contributed by atoms with Gasteiger partial charge >= 0.3 is 0 Å². The number of aryl methyl sites for hydroxylation is 1. The van der Waals surface area contributed by atoms with Crippen LogP contribution in [0.1, 0.15) is 36.2 Å². The first-order valence-corrected chi connectivity index (χ1v) is 10.0. The van der Waals surface area contributed by atoms with Gasteiger partial charge in [0.15, 0.2) is 5.82 Å². The van der Waals surface area contributed by atoms with E-state index in [1.807, 2.05) is 54.6 Å². The number of carbonyl (C=O) groups excluding carboxylic acids is 1. The molecule has 29 heavy (non-hydrogen) atoms. The summed E-state index contributed by atoms with van der Waals surface area (Å²) in [7, 11) is 0. The minimum absolute atomic E-state index is 0.109. The number of benzene rings is 2. The van der Waals surface area contributed by atoms with Gasteiger partial charge < -0.3 is 10.1 Å².